The highest BCUT2D eigenvalue weighted by atomic mass is 16.3. The molecule has 3 heteroatoms. The Morgan fingerprint density at radius 2 is 1.19 bits per heavy atom. The van der Waals surface area contributed by atoms with Crippen LogP contribution in [0, 0.1) is 0 Å². The van der Waals surface area contributed by atoms with Gasteiger partial charge < -0.3 is 15.7 Å². The molecule has 0 aliphatic heterocycles. The summed E-state index contributed by atoms with van der Waals surface area (Å²) in [5.74, 6) is 0. The molecule has 2 atom stereocenters. The van der Waals surface area contributed by atoms with E-state index in [-0.39, 0.29) is 6.04 Å². The number of aliphatic hydroxyl groups is 1. The predicted octanol–water partition coefficient (Wildman–Crippen LogP) is 3.84. The van der Waals surface area contributed by atoms with Gasteiger partial charge in [-0.2, -0.15) is 0 Å². The van der Waals surface area contributed by atoms with Gasteiger partial charge in [0.2, 0.25) is 0 Å². The Bertz CT molecular complexity index is 747. The quantitative estimate of drug-likeness (QED) is 0.516. The van der Waals surface area contributed by atoms with Crippen LogP contribution in [0.25, 0.3) is 0 Å². The lowest BCUT2D eigenvalue weighted by Gasteiger charge is -2.25. The number of aliphatic hydroxyl groups excluding tert-OH is 1. The zero-order valence-electron chi connectivity index (χ0n) is 14.9. The number of benzene rings is 3. The van der Waals surface area contributed by atoms with E-state index < -0.39 is 6.10 Å². The molecule has 3 nitrogen and oxygen atoms in total. The van der Waals surface area contributed by atoms with Gasteiger partial charge in [0, 0.05) is 19.6 Å². The highest BCUT2D eigenvalue weighted by molar-refractivity contribution is 5.26. The summed E-state index contributed by atoms with van der Waals surface area (Å²) in [5.41, 5.74) is 3.29. The van der Waals surface area contributed by atoms with Crippen molar-refractivity contribution in [1.82, 2.24) is 10.6 Å². The number of nitrogens with one attached hydrogen (secondary N) is 2. The molecule has 134 valence electrons. The van der Waals surface area contributed by atoms with Gasteiger partial charge in [-0.3, -0.25) is 0 Å². The van der Waals surface area contributed by atoms with Crippen molar-refractivity contribution in [2.75, 3.05) is 13.1 Å². The second-order valence-corrected chi connectivity index (χ2v) is 6.36. The van der Waals surface area contributed by atoms with Crippen LogP contribution in [0.1, 0.15) is 28.8 Å². The van der Waals surface area contributed by atoms with E-state index in [0.29, 0.717) is 0 Å². The largest absolute Gasteiger partial charge is 0.386 e. The van der Waals surface area contributed by atoms with E-state index >= 15 is 0 Å². The van der Waals surface area contributed by atoms with Crippen molar-refractivity contribution in [3.8, 4) is 0 Å². The van der Waals surface area contributed by atoms with E-state index in [2.05, 4.69) is 47.0 Å². The van der Waals surface area contributed by atoms with Crippen LogP contribution in [0.2, 0.25) is 0 Å². The van der Waals surface area contributed by atoms with Gasteiger partial charge in [0.25, 0.3) is 0 Å². The average Bonchev–Trinajstić information content (AvgIpc) is 2.72. The smallest absolute Gasteiger partial charge is 0.0984 e. The fraction of sp³-hybridized carbons (Fsp3) is 0.217. The lowest BCUT2D eigenvalue weighted by Crippen LogP contribution is -2.33. The number of rotatable bonds is 9. The monoisotopic (exact) mass is 346 g/mol. The summed E-state index contributed by atoms with van der Waals surface area (Å²) in [7, 11) is 0. The van der Waals surface area contributed by atoms with Crippen LogP contribution in [-0.2, 0) is 6.54 Å². The summed E-state index contributed by atoms with van der Waals surface area (Å²) in [6, 6.07) is 30.2. The lowest BCUT2D eigenvalue weighted by atomic mass is 9.96. The Kier molecular flexibility index (Phi) is 6.96. The molecule has 0 saturated heterocycles. The van der Waals surface area contributed by atoms with Crippen LogP contribution >= 0.6 is 0 Å². The number of hydrogen-bond donors (Lipinski definition) is 3. The van der Waals surface area contributed by atoms with Crippen molar-refractivity contribution in [2.24, 2.45) is 0 Å². The molecular weight excluding hydrogens is 320 g/mol. The zero-order chi connectivity index (χ0) is 18.0. The Morgan fingerprint density at radius 1 is 0.654 bits per heavy atom. The van der Waals surface area contributed by atoms with Crippen molar-refractivity contribution in [2.45, 2.75) is 18.7 Å². The third-order valence-corrected chi connectivity index (χ3v) is 4.45. The molecular formula is C23H26N2O. The maximum absolute atomic E-state index is 10.9. The molecule has 3 rings (SSSR count). The van der Waals surface area contributed by atoms with Crippen LogP contribution in [0.4, 0.5) is 0 Å². The molecule has 0 spiro atoms. The lowest BCUT2D eigenvalue weighted by molar-refractivity contribution is 0.129. The van der Waals surface area contributed by atoms with Gasteiger partial charge in [0.1, 0.15) is 0 Å². The molecule has 26 heavy (non-hydrogen) atoms. The van der Waals surface area contributed by atoms with E-state index in [1.807, 2.05) is 54.6 Å². The third-order valence-electron chi connectivity index (χ3n) is 4.45. The molecule has 0 unspecified atom stereocenters. The van der Waals surface area contributed by atoms with Gasteiger partial charge in [-0.25, -0.2) is 0 Å². The first-order valence-electron chi connectivity index (χ1n) is 9.10. The molecule has 0 aromatic heterocycles. The van der Waals surface area contributed by atoms with Gasteiger partial charge in [-0.15, -0.1) is 0 Å². The minimum atomic E-state index is -0.590. The van der Waals surface area contributed by atoms with E-state index in [4.69, 9.17) is 0 Å². The first kappa shape index (κ1) is 18.3. The summed E-state index contributed by atoms with van der Waals surface area (Å²) in [6.07, 6.45) is -0.590. The summed E-state index contributed by atoms with van der Waals surface area (Å²) in [5, 5.41) is 17.8. The topological polar surface area (TPSA) is 44.3 Å². The SMILES string of the molecule is O[C@@H](c1ccccc1)[C@H](NCCNCc1ccccc1)c1ccccc1. The summed E-state index contributed by atoms with van der Waals surface area (Å²) in [6.45, 7) is 2.45. The molecule has 3 aromatic carbocycles. The van der Waals surface area contributed by atoms with Crippen LogP contribution in [0.3, 0.4) is 0 Å². The fourth-order valence-electron chi connectivity index (χ4n) is 3.06. The van der Waals surface area contributed by atoms with Crippen molar-refractivity contribution in [3.05, 3.63) is 108 Å². The van der Waals surface area contributed by atoms with Crippen molar-refractivity contribution in [3.63, 3.8) is 0 Å². The van der Waals surface area contributed by atoms with Crippen molar-refractivity contribution < 1.29 is 5.11 Å². The zero-order valence-corrected chi connectivity index (χ0v) is 14.9. The van der Waals surface area contributed by atoms with Gasteiger partial charge in [0.15, 0.2) is 0 Å². The van der Waals surface area contributed by atoms with Crippen molar-refractivity contribution >= 4 is 0 Å². The maximum atomic E-state index is 10.9. The molecule has 0 heterocycles. The van der Waals surface area contributed by atoms with E-state index in [1.165, 1.54) is 5.56 Å². The van der Waals surface area contributed by atoms with Crippen LogP contribution in [0.5, 0.6) is 0 Å². The second-order valence-electron chi connectivity index (χ2n) is 6.36. The van der Waals surface area contributed by atoms with Crippen LogP contribution < -0.4 is 10.6 Å². The molecule has 3 aromatic rings. The minimum absolute atomic E-state index is 0.142. The predicted molar refractivity (Wildman–Crippen MR) is 107 cm³/mol. The van der Waals surface area contributed by atoms with Gasteiger partial charge in [-0.1, -0.05) is 91.0 Å². The number of hydrogen-bond acceptors (Lipinski definition) is 3. The molecule has 0 fully saturated rings. The highest BCUT2D eigenvalue weighted by Gasteiger charge is 2.21. The Balaban J connectivity index is 1.58. The van der Waals surface area contributed by atoms with Gasteiger partial charge >= 0.3 is 0 Å². The van der Waals surface area contributed by atoms with Crippen LogP contribution in [0.15, 0.2) is 91.0 Å². The first-order valence-corrected chi connectivity index (χ1v) is 9.10. The van der Waals surface area contributed by atoms with E-state index in [1.54, 1.807) is 0 Å². The van der Waals surface area contributed by atoms with E-state index in [9.17, 15) is 5.11 Å². The molecule has 0 aliphatic carbocycles. The fourth-order valence-corrected chi connectivity index (χ4v) is 3.06. The van der Waals surface area contributed by atoms with E-state index in [0.717, 1.165) is 30.8 Å². The molecule has 0 bridgehead atoms. The molecule has 0 aliphatic rings. The summed E-state index contributed by atoms with van der Waals surface area (Å²) in [4.78, 5) is 0. The maximum Gasteiger partial charge on any atom is 0.0984 e. The second kappa shape index (κ2) is 9.88. The Hall–Kier alpha value is -2.46. The average molecular weight is 346 g/mol. The standard InChI is InChI=1S/C23H26N2O/c26-23(21-14-8-3-9-15-21)22(20-12-6-2-7-13-20)25-17-16-24-18-19-10-4-1-5-11-19/h1-15,22-26H,16-18H2/t22-,23+/m1/s1. The summed E-state index contributed by atoms with van der Waals surface area (Å²) < 4.78 is 0. The molecule has 0 radical (unpaired) electrons. The highest BCUT2D eigenvalue weighted by Crippen LogP contribution is 2.28. The van der Waals surface area contributed by atoms with Gasteiger partial charge in [-0.05, 0) is 16.7 Å². The molecule has 0 saturated carbocycles. The van der Waals surface area contributed by atoms with Gasteiger partial charge in [0.05, 0.1) is 12.1 Å². The Labute approximate surface area is 155 Å². The van der Waals surface area contributed by atoms with Crippen molar-refractivity contribution in [1.29, 1.82) is 0 Å². The minimum Gasteiger partial charge on any atom is -0.386 e. The van der Waals surface area contributed by atoms with Crippen LogP contribution in [-0.4, -0.2) is 18.2 Å². The molecule has 3 N–H and O–H groups in total. The third kappa shape index (κ3) is 5.27. The first-order chi connectivity index (χ1) is 12.8. The summed E-state index contributed by atoms with van der Waals surface area (Å²) >= 11 is 0. The Morgan fingerprint density at radius 3 is 1.81 bits per heavy atom. The molecule has 0 amide bonds. The normalized spacial score (nSPS) is 13.3.